The maximum absolute atomic E-state index is 13.3. The van der Waals surface area contributed by atoms with Crippen LogP contribution in [0, 0.1) is 0 Å². The van der Waals surface area contributed by atoms with Gasteiger partial charge in [0.25, 0.3) is 0 Å². The van der Waals surface area contributed by atoms with Crippen molar-refractivity contribution in [3.05, 3.63) is 34.3 Å². The van der Waals surface area contributed by atoms with Gasteiger partial charge in [0, 0.05) is 4.47 Å². The van der Waals surface area contributed by atoms with Crippen molar-refractivity contribution >= 4 is 21.9 Å². The monoisotopic (exact) mass is 275 g/mol. The number of carboxylic acid groups (broad SMARTS) is 1. The molecule has 0 aliphatic carbocycles. The van der Waals surface area contributed by atoms with Crippen LogP contribution in [-0.2, 0) is 10.3 Å². The molecule has 15 heavy (non-hydrogen) atoms. The molecule has 0 aliphatic rings. The lowest BCUT2D eigenvalue weighted by atomic mass is 9.87. The number of carboxylic acids is 1. The van der Waals surface area contributed by atoms with Gasteiger partial charge in [-0.15, -0.1) is 0 Å². The van der Waals surface area contributed by atoms with Gasteiger partial charge in [-0.3, -0.25) is 0 Å². The van der Waals surface area contributed by atoms with Gasteiger partial charge in [0.05, 0.1) is 0 Å². The number of benzene rings is 1. The first kappa shape index (κ1) is 12.1. The predicted molar refractivity (Wildman–Crippen MR) is 58.2 cm³/mol. The summed E-state index contributed by atoms with van der Waals surface area (Å²) >= 11 is 3.18. The van der Waals surface area contributed by atoms with Crippen LogP contribution in [0.25, 0.3) is 0 Å². The van der Waals surface area contributed by atoms with E-state index in [1.807, 2.05) is 0 Å². The Bertz CT molecular complexity index is 383. The third kappa shape index (κ3) is 2.18. The maximum Gasteiger partial charge on any atom is 0.331 e. The number of nitrogens with two attached hydrogens (primary N) is 1. The Kier molecular flexibility index (Phi) is 3.46. The topological polar surface area (TPSA) is 63.3 Å². The average Bonchev–Trinajstić information content (AvgIpc) is 2.15. The predicted octanol–water partition coefficient (Wildman–Crippen LogP) is 2.05. The minimum atomic E-state index is -2.00. The highest BCUT2D eigenvalue weighted by atomic mass is 79.9. The Morgan fingerprint density at radius 2 is 2.27 bits per heavy atom. The lowest BCUT2D eigenvalue weighted by molar-refractivity contribution is -0.146. The van der Waals surface area contributed by atoms with E-state index in [0.29, 0.717) is 4.47 Å². The summed E-state index contributed by atoms with van der Waals surface area (Å²) in [5, 5.41) is 8.97. The van der Waals surface area contributed by atoms with E-state index in [9.17, 15) is 9.18 Å². The Morgan fingerprint density at radius 1 is 1.67 bits per heavy atom. The molecule has 0 heterocycles. The molecule has 5 heteroatoms. The van der Waals surface area contributed by atoms with E-state index >= 15 is 0 Å². The van der Waals surface area contributed by atoms with Crippen molar-refractivity contribution in [3.63, 3.8) is 0 Å². The molecule has 0 aromatic heterocycles. The van der Waals surface area contributed by atoms with E-state index in [0.717, 1.165) is 6.92 Å². The van der Waals surface area contributed by atoms with Crippen molar-refractivity contribution in [1.82, 2.24) is 0 Å². The Morgan fingerprint density at radius 3 is 2.67 bits per heavy atom. The fraction of sp³-hybridized carbons (Fsp3) is 0.300. The number of hydrogen-bond acceptors (Lipinski definition) is 2. The van der Waals surface area contributed by atoms with Crippen LogP contribution >= 0.6 is 15.9 Å². The van der Waals surface area contributed by atoms with Gasteiger partial charge >= 0.3 is 5.97 Å². The fourth-order valence-corrected chi connectivity index (χ4v) is 1.67. The zero-order valence-corrected chi connectivity index (χ0v) is 9.66. The average molecular weight is 276 g/mol. The second-order valence-electron chi connectivity index (χ2n) is 3.30. The molecule has 0 aliphatic heterocycles. The number of aliphatic carboxylic acids is 1. The van der Waals surface area contributed by atoms with Gasteiger partial charge in [-0.05, 0) is 24.6 Å². The molecule has 0 saturated carbocycles. The second-order valence-corrected chi connectivity index (χ2v) is 4.22. The van der Waals surface area contributed by atoms with Crippen LogP contribution in [0.5, 0.6) is 0 Å². The highest BCUT2D eigenvalue weighted by Crippen LogP contribution is 2.27. The van der Waals surface area contributed by atoms with Crippen molar-refractivity contribution in [2.45, 2.75) is 18.6 Å². The van der Waals surface area contributed by atoms with Gasteiger partial charge in [-0.2, -0.15) is 0 Å². The summed E-state index contributed by atoms with van der Waals surface area (Å²) < 4.78 is 14.0. The van der Waals surface area contributed by atoms with Crippen molar-refractivity contribution in [2.75, 3.05) is 0 Å². The van der Waals surface area contributed by atoms with Crippen LogP contribution in [0.1, 0.15) is 12.5 Å². The van der Waals surface area contributed by atoms with E-state index in [-0.39, 0.29) is 5.56 Å². The zero-order chi connectivity index (χ0) is 11.6. The normalized spacial score (nSPS) is 16.8. The summed E-state index contributed by atoms with van der Waals surface area (Å²) in [7, 11) is 0. The third-order valence-corrected chi connectivity index (χ3v) is 2.78. The molecule has 1 aromatic rings. The Hall–Kier alpha value is -0.940. The molecule has 1 aromatic carbocycles. The first-order valence-electron chi connectivity index (χ1n) is 4.31. The number of rotatable bonds is 3. The molecule has 82 valence electrons. The van der Waals surface area contributed by atoms with Gasteiger partial charge in [0.1, 0.15) is 6.17 Å². The van der Waals surface area contributed by atoms with Crippen LogP contribution < -0.4 is 5.73 Å². The van der Waals surface area contributed by atoms with Crippen molar-refractivity contribution in [3.8, 4) is 0 Å². The van der Waals surface area contributed by atoms with Gasteiger partial charge in [0.15, 0.2) is 5.54 Å². The van der Waals surface area contributed by atoms with Crippen LogP contribution in [0.2, 0.25) is 0 Å². The lowest BCUT2D eigenvalue weighted by Crippen LogP contribution is -2.51. The molecule has 3 N–H and O–H groups in total. The standard InChI is InChI=1S/C10H11BrFNO2/c1-6(12)10(13,9(14)15)7-3-2-4-8(11)5-7/h2-6H,13H2,1H3,(H,14,15). The molecule has 0 spiro atoms. The summed E-state index contributed by atoms with van der Waals surface area (Å²) in [5.74, 6) is -1.38. The minimum Gasteiger partial charge on any atom is -0.480 e. The SMILES string of the molecule is CC(F)C(N)(C(=O)O)c1cccc(Br)c1. The van der Waals surface area contributed by atoms with Gasteiger partial charge < -0.3 is 10.8 Å². The van der Waals surface area contributed by atoms with Crippen molar-refractivity contribution in [1.29, 1.82) is 0 Å². The summed E-state index contributed by atoms with van der Waals surface area (Å²) in [4.78, 5) is 11.0. The molecule has 0 fully saturated rings. The highest BCUT2D eigenvalue weighted by Gasteiger charge is 2.42. The molecule has 2 unspecified atom stereocenters. The number of carbonyl (C=O) groups is 1. The van der Waals surface area contributed by atoms with E-state index in [1.165, 1.54) is 12.1 Å². The summed E-state index contributed by atoms with van der Waals surface area (Å²) in [6, 6.07) is 6.33. The first-order valence-corrected chi connectivity index (χ1v) is 5.10. The quantitative estimate of drug-likeness (QED) is 0.888. The van der Waals surface area contributed by atoms with Gasteiger partial charge in [-0.25, -0.2) is 9.18 Å². The minimum absolute atomic E-state index is 0.236. The highest BCUT2D eigenvalue weighted by molar-refractivity contribution is 9.10. The van der Waals surface area contributed by atoms with Crippen LogP contribution in [-0.4, -0.2) is 17.2 Å². The molecular weight excluding hydrogens is 265 g/mol. The molecule has 0 amide bonds. The van der Waals surface area contributed by atoms with E-state index in [4.69, 9.17) is 10.8 Å². The Labute approximate surface area is 95.2 Å². The van der Waals surface area contributed by atoms with Crippen molar-refractivity contribution in [2.24, 2.45) is 5.73 Å². The second kappa shape index (κ2) is 4.28. The summed E-state index contributed by atoms with van der Waals surface area (Å²) in [6.07, 6.45) is -1.68. The van der Waals surface area contributed by atoms with E-state index < -0.39 is 17.7 Å². The molecule has 2 atom stereocenters. The van der Waals surface area contributed by atoms with Crippen molar-refractivity contribution < 1.29 is 14.3 Å². The largest absolute Gasteiger partial charge is 0.480 e. The number of halogens is 2. The zero-order valence-electron chi connectivity index (χ0n) is 8.08. The van der Waals surface area contributed by atoms with Gasteiger partial charge in [-0.1, -0.05) is 28.1 Å². The van der Waals surface area contributed by atoms with Gasteiger partial charge in [0.2, 0.25) is 0 Å². The molecule has 0 bridgehead atoms. The molecule has 3 nitrogen and oxygen atoms in total. The molecular formula is C10H11BrFNO2. The van der Waals surface area contributed by atoms with E-state index in [2.05, 4.69) is 15.9 Å². The van der Waals surface area contributed by atoms with Crippen LogP contribution in [0.15, 0.2) is 28.7 Å². The first-order chi connectivity index (χ1) is 6.89. The summed E-state index contributed by atoms with van der Waals surface area (Å²) in [6.45, 7) is 1.13. The van der Waals surface area contributed by atoms with E-state index in [1.54, 1.807) is 12.1 Å². The fourth-order valence-electron chi connectivity index (χ4n) is 1.27. The maximum atomic E-state index is 13.3. The van der Waals surface area contributed by atoms with Crippen LogP contribution in [0.4, 0.5) is 4.39 Å². The third-order valence-electron chi connectivity index (χ3n) is 2.28. The molecule has 0 saturated heterocycles. The lowest BCUT2D eigenvalue weighted by Gasteiger charge is -2.26. The van der Waals surface area contributed by atoms with Crippen LogP contribution in [0.3, 0.4) is 0 Å². The smallest absolute Gasteiger partial charge is 0.331 e. The number of hydrogen-bond donors (Lipinski definition) is 2. The molecule has 1 rings (SSSR count). The number of alkyl halides is 1. The molecule has 0 radical (unpaired) electrons. The Balaban J connectivity index is 3.28. The summed E-state index contributed by atoms with van der Waals surface area (Å²) in [5.41, 5.74) is 3.82.